The minimum Gasteiger partial charge on any atom is -0.444 e. The molecule has 5 heteroatoms. The molecule has 0 spiro atoms. The van der Waals surface area contributed by atoms with Crippen LogP contribution in [0.1, 0.15) is 59.0 Å². The monoisotopic (exact) mass is 400 g/mol. The second-order valence-corrected chi connectivity index (χ2v) is 8.12. The Kier molecular flexibility index (Phi) is 4.95. The van der Waals surface area contributed by atoms with Gasteiger partial charge in [-0.05, 0) is 50.2 Å². The predicted octanol–water partition coefficient (Wildman–Crippen LogP) is 4.29. The lowest BCUT2D eigenvalue weighted by Gasteiger charge is -2.22. The summed E-state index contributed by atoms with van der Waals surface area (Å²) in [6, 6.07) is 17.1. The van der Waals surface area contributed by atoms with Gasteiger partial charge in [-0.3, -0.25) is 9.78 Å². The van der Waals surface area contributed by atoms with Crippen LogP contribution < -0.4 is 5.32 Å². The second-order valence-electron chi connectivity index (χ2n) is 8.12. The van der Waals surface area contributed by atoms with E-state index >= 15 is 0 Å². The third-order valence-corrected chi connectivity index (χ3v) is 5.86. The fraction of sp³-hybridized carbons (Fsp3) is 0.320. The van der Waals surface area contributed by atoms with Gasteiger partial charge in [-0.25, -0.2) is 4.79 Å². The molecule has 30 heavy (non-hydrogen) atoms. The second kappa shape index (κ2) is 7.90. The largest absolute Gasteiger partial charge is 0.444 e. The number of pyridine rings is 1. The summed E-state index contributed by atoms with van der Waals surface area (Å²) in [6.07, 6.45) is 4.76. The average Bonchev–Trinajstić information content (AvgIpc) is 3.60. The molecule has 5 rings (SSSR count). The van der Waals surface area contributed by atoms with Crippen LogP contribution in [0, 0.1) is 0 Å². The Morgan fingerprint density at radius 3 is 2.50 bits per heavy atom. The van der Waals surface area contributed by atoms with Crippen molar-refractivity contribution in [3.8, 4) is 0 Å². The van der Waals surface area contributed by atoms with Gasteiger partial charge in [0.25, 0.3) is 5.91 Å². The van der Waals surface area contributed by atoms with Gasteiger partial charge in [0.2, 0.25) is 6.10 Å². The van der Waals surface area contributed by atoms with E-state index in [1.165, 1.54) is 0 Å². The van der Waals surface area contributed by atoms with Crippen molar-refractivity contribution in [1.82, 2.24) is 10.3 Å². The van der Waals surface area contributed by atoms with E-state index in [0.717, 1.165) is 60.7 Å². The van der Waals surface area contributed by atoms with E-state index in [9.17, 15) is 9.59 Å². The Balaban J connectivity index is 1.54. The number of fused-ring (bicyclic) bond motifs is 2. The normalized spacial score (nSPS) is 16.5. The zero-order valence-corrected chi connectivity index (χ0v) is 16.8. The smallest absolute Gasteiger partial charge is 0.340 e. The molecule has 3 aromatic rings. The summed E-state index contributed by atoms with van der Waals surface area (Å²) < 4.78 is 5.91. The van der Waals surface area contributed by atoms with Gasteiger partial charge in [-0.15, -0.1) is 0 Å². The van der Waals surface area contributed by atoms with E-state index in [2.05, 4.69) is 5.32 Å². The number of carbonyl (C=O) groups excluding carboxylic acids is 2. The summed E-state index contributed by atoms with van der Waals surface area (Å²) in [5.74, 6) is -0.712. The standard InChI is InChI=1S/C25H24N2O3/c28-24(26-17-14-15-17)23(16-8-2-1-3-9-16)30-25(29)22-18-10-4-6-12-20(18)27-21-13-7-5-11-19(21)22/h1-4,6,8-10,12,17,23H,5,7,11,13-15H2,(H,26,28)/t23-/m1/s1. The van der Waals surface area contributed by atoms with Crippen LogP contribution in [-0.4, -0.2) is 22.9 Å². The number of carbonyl (C=O) groups is 2. The molecule has 2 aromatic carbocycles. The summed E-state index contributed by atoms with van der Waals surface area (Å²) in [6.45, 7) is 0. The van der Waals surface area contributed by atoms with Gasteiger partial charge in [0.1, 0.15) is 0 Å². The van der Waals surface area contributed by atoms with Crippen molar-refractivity contribution in [2.45, 2.75) is 50.7 Å². The van der Waals surface area contributed by atoms with Crippen LogP contribution in [0.4, 0.5) is 0 Å². The van der Waals surface area contributed by atoms with E-state index in [0.29, 0.717) is 11.1 Å². The summed E-state index contributed by atoms with van der Waals surface area (Å²) in [7, 11) is 0. The molecular formula is C25H24N2O3. The van der Waals surface area contributed by atoms with Crippen molar-refractivity contribution in [3.05, 3.63) is 77.0 Å². The van der Waals surface area contributed by atoms with Crippen LogP contribution >= 0.6 is 0 Å². The highest BCUT2D eigenvalue weighted by Gasteiger charge is 2.32. The summed E-state index contributed by atoms with van der Waals surface area (Å²) in [4.78, 5) is 31.2. The van der Waals surface area contributed by atoms with Crippen LogP contribution in [0.25, 0.3) is 10.9 Å². The molecule has 1 atom stereocenters. The van der Waals surface area contributed by atoms with E-state index in [1.807, 2.05) is 54.6 Å². The number of aromatic nitrogens is 1. The van der Waals surface area contributed by atoms with Gasteiger partial charge in [0.05, 0.1) is 11.1 Å². The molecule has 0 aliphatic heterocycles. The first-order chi connectivity index (χ1) is 14.7. The highest BCUT2D eigenvalue weighted by molar-refractivity contribution is 6.06. The lowest BCUT2D eigenvalue weighted by Crippen LogP contribution is -2.33. The number of amides is 1. The molecule has 0 radical (unpaired) electrons. The number of esters is 1. The van der Waals surface area contributed by atoms with Crippen LogP contribution in [0.15, 0.2) is 54.6 Å². The molecule has 0 unspecified atom stereocenters. The molecule has 1 heterocycles. The topological polar surface area (TPSA) is 68.3 Å². The molecule has 0 bridgehead atoms. The number of ether oxygens (including phenoxy) is 1. The van der Waals surface area contributed by atoms with Crippen molar-refractivity contribution in [3.63, 3.8) is 0 Å². The van der Waals surface area contributed by atoms with Gasteiger partial charge in [0.15, 0.2) is 0 Å². The Labute approximate surface area is 175 Å². The summed E-state index contributed by atoms with van der Waals surface area (Å²) in [5.41, 5.74) is 3.99. The molecule has 1 aromatic heterocycles. The van der Waals surface area contributed by atoms with Crippen LogP contribution in [0.3, 0.4) is 0 Å². The summed E-state index contributed by atoms with van der Waals surface area (Å²) in [5, 5.41) is 3.77. The van der Waals surface area contributed by atoms with E-state index in [4.69, 9.17) is 9.72 Å². The third kappa shape index (κ3) is 3.67. The molecule has 5 nitrogen and oxygen atoms in total. The Morgan fingerprint density at radius 2 is 1.70 bits per heavy atom. The van der Waals surface area contributed by atoms with Crippen molar-refractivity contribution in [2.75, 3.05) is 0 Å². The van der Waals surface area contributed by atoms with Crippen molar-refractivity contribution in [1.29, 1.82) is 0 Å². The van der Waals surface area contributed by atoms with E-state index in [-0.39, 0.29) is 11.9 Å². The molecule has 1 N–H and O–H groups in total. The zero-order valence-electron chi connectivity index (χ0n) is 16.8. The third-order valence-electron chi connectivity index (χ3n) is 5.86. The highest BCUT2D eigenvalue weighted by Crippen LogP contribution is 2.31. The maximum Gasteiger partial charge on any atom is 0.340 e. The van der Waals surface area contributed by atoms with E-state index < -0.39 is 12.1 Å². The molecule has 1 amide bonds. The van der Waals surface area contributed by atoms with Gasteiger partial charge in [0, 0.05) is 22.7 Å². The predicted molar refractivity (Wildman–Crippen MR) is 114 cm³/mol. The van der Waals surface area contributed by atoms with Gasteiger partial charge in [-0.1, -0.05) is 48.5 Å². The fourth-order valence-corrected chi connectivity index (χ4v) is 4.18. The van der Waals surface area contributed by atoms with E-state index in [1.54, 1.807) is 0 Å². The maximum atomic E-state index is 13.5. The van der Waals surface area contributed by atoms with Crippen molar-refractivity contribution in [2.24, 2.45) is 0 Å². The molecule has 1 fully saturated rings. The van der Waals surface area contributed by atoms with Gasteiger partial charge >= 0.3 is 5.97 Å². The van der Waals surface area contributed by atoms with Crippen LogP contribution in [0.2, 0.25) is 0 Å². The first kappa shape index (κ1) is 18.8. The summed E-state index contributed by atoms with van der Waals surface area (Å²) >= 11 is 0. The minimum atomic E-state index is -0.967. The molecular weight excluding hydrogens is 376 g/mol. The average molecular weight is 400 g/mol. The fourth-order valence-electron chi connectivity index (χ4n) is 4.18. The lowest BCUT2D eigenvalue weighted by molar-refractivity contribution is -0.130. The Hall–Kier alpha value is -3.21. The SMILES string of the molecule is O=C(O[C@@H](C(=O)NC1CC1)c1ccccc1)c1c2c(nc3ccccc13)CCCC2. The molecule has 0 saturated heterocycles. The van der Waals surface area contributed by atoms with Gasteiger partial charge in [-0.2, -0.15) is 0 Å². The molecule has 2 aliphatic carbocycles. The number of aryl methyl sites for hydroxylation is 1. The van der Waals surface area contributed by atoms with Gasteiger partial charge < -0.3 is 10.1 Å². The van der Waals surface area contributed by atoms with Crippen molar-refractivity contribution >= 4 is 22.8 Å². The number of hydrogen-bond donors (Lipinski definition) is 1. The maximum absolute atomic E-state index is 13.5. The lowest BCUT2D eigenvalue weighted by atomic mass is 9.90. The number of para-hydroxylation sites is 1. The number of nitrogens with zero attached hydrogens (tertiary/aromatic N) is 1. The highest BCUT2D eigenvalue weighted by atomic mass is 16.5. The van der Waals surface area contributed by atoms with Crippen LogP contribution in [-0.2, 0) is 22.4 Å². The first-order valence-electron chi connectivity index (χ1n) is 10.7. The Bertz CT molecular complexity index is 1110. The van der Waals surface area contributed by atoms with Crippen LogP contribution in [0.5, 0.6) is 0 Å². The zero-order chi connectivity index (χ0) is 20.5. The number of benzene rings is 2. The molecule has 2 aliphatic rings. The Morgan fingerprint density at radius 1 is 0.967 bits per heavy atom. The number of hydrogen-bond acceptors (Lipinski definition) is 4. The first-order valence-corrected chi connectivity index (χ1v) is 10.7. The molecule has 1 saturated carbocycles. The minimum absolute atomic E-state index is 0.192. The quantitative estimate of drug-likeness (QED) is 0.649. The number of rotatable bonds is 5. The number of nitrogens with one attached hydrogen (secondary N) is 1. The molecule has 152 valence electrons. The van der Waals surface area contributed by atoms with Crippen molar-refractivity contribution < 1.29 is 14.3 Å².